The fraction of sp³-hybridized carbons (Fsp3) is 0.0667. The van der Waals surface area contributed by atoms with E-state index < -0.39 is 0 Å². The van der Waals surface area contributed by atoms with Gasteiger partial charge in [-0.15, -0.1) is 35.9 Å². The van der Waals surface area contributed by atoms with Crippen LogP contribution in [0.2, 0.25) is 0 Å². The fourth-order valence-corrected chi connectivity index (χ4v) is 1.93. The predicted octanol–water partition coefficient (Wildman–Crippen LogP) is 3.04. The maximum Gasteiger partial charge on any atom is 0.127 e. The zero-order chi connectivity index (χ0) is 12.4. The second-order valence-corrected chi connectivity index (χ2v) is 4.06. The molecule has 0 aliphatic heterocycles. The van der Waals surface area contributed by atoms with Crippen molar-refractivity contribution in [3.8, 4) is 17.1 Å². The number of hydrogen-bond donors (Lipinski definition) is 0. The Hall–Kier alpha value is -1.77. The molecule has 0 unspecified atom stereocenters. The number of benzene rings is 2. The number of aryl methyl sites for hydroxylation is 1. The van der Waals surface area contributed by atoms with Crippen LogP contribution in [0.25, 0.3) is 17.1 Å². The minimum atomic E-state index is 0. The van der Waals surface area contributed by atoms with Gasteiger partial charge in [-0.05, 0) is 18.6 Å². The Balaban J connectivity index is 0.00000133. The molecule has 4 heteroatoms. The minimum Gasteiger partial charge on any atom is -0.264 e. The van der Waals surface area contributed by atoms with Crippen molar-refractivity contribution in [3.63, 3.8) is 0 Å². The Morgan fingerprint density at radius 2 is 1.84 bits per heavy atom. The molecule has 0 saturated heterocycles. The average Bonchev–Trinajstić information content (AvgIpc) is 2.89. The summed E-state index contributed by atoms with van der Waals surface area (Å²) in [7, 11) is 0. The van der Waals surface area contributed by atoms with E-state index in [1.165, 1.54) is 5.56 Å². The first-order chi connectivity index (χ1) is 8.86. The number of aromatic nitrogens is 3. The summed E-state index contributed by atoms with van der Waals surface area (Å²) in [4.78, 5) is 4.32. The zero-order valence-corrected chi connectivity index (χ0v) is 12.8. The fourth-order valence-electron chi connectivity index (χ4n) is 1.93. The van der Waals surface area contributed by atoms with Gasteiger partial charge in [0.05, 0.1) is 11.5 Å². The van der Waals surface area contributed by atoms with Gasteiger partial charge in [-0.1, -0.05) is 18.2 Å². The van der Waals surface area contributed by atoms with Crippen LogP contribution in [0.3, 0.4) is 0 Å². The monoisotopic (exact) mass is 427 g/mol. The quantitative estimate of drug-likeness (QED) is 0.590. The van der Waals surface area contributed by atoms with Gasteiger partial charge >= 0.3 is 0 Å². The van der Waals surface area contributed by atoms with Gasteiger partial charge in [0.15, 0.2) is 0 Å². The molecule has 0 saturated carbocycles. The molecule has 3 rings (SSSR count). The van der Waals surface area contributed by atoms with Crippen molar-refractivity contribution in [2.24, 2.45) is 0 Å². The van der Waals surface area contributed by atoms with Crippen LogP contribution in [0.5, 0.6) is 0 Å². The summed E-state index contributed by atoms with van der Waals surface area (Å²) in [6.45, 7) is 2.06. The van der Waals surface area contributed by atoms with Crippen molar-refractivity contribution < 1.29 is 20.1 Å². The Kier molecular flexibility index (Phi) is 4.25. The largest absolute Gasteiger partial charge is 0.264 e. The van der Waals surface area contributed by atoms with Gasteiger partial charge < -0.3 is 0 Å². The maximum atomic E-state index is 4.32. The van der Waals surface area contributed by atoms with E-state index in [-0.39, 0.29) is 20.1 Å². The van der Waals surface area contributed by atoms with E-state index in [0.29, 0.717) is 0 Å². The van der Waals surface area contributed by atoms with E-state index in [1.807, 2.05) is 47.1 Å². The summed E-state index contributed by atoms with van der Waals surface area (Å²) in [6, 6.07) is 19.1. The Labute approximate surface area is 125 Å². The number of para-hydroxylation sites is 1. The van der Waals surface area contributed by atoms with Crippen LogP contribution in [0.15, 0.2) is 54.9 Å². The summed E-state index contributed by atoms with van der Waals surface area (Å²) in [5.41, 5.74) is 3.15. The van der Waals surface area contributed by atoms with E-state index in [0.717, 1.165) is 17.1 Å². The summed E-state index contributed by atoms with van der Waals surface area (Å²) < 4.78 is 1.85. The third kappa shape index (κ3) is 2.65. The number of hydrogen-bond acceptors (Lipinski definition) is 2. The van der Waals surface area contributed by atoms with Crippen molar-refractivity contribution in [3.05, 3.63) is 66.5 Å². The Morgan fingerprint density at radius 1 is 1.05 bits per heavy atom. The van der Waals surface area contributed by atoms with Crippen molar-refractivity contribution in [2.45, 2.75) is 6.92 Å². The van der Waals surface area contributed by atoms with Gasteiger partial charge in [0.25, 0.3) is 0 Å². The van der Waals surface area contributed by atoms with E-state index in [2.05, 4.69) is 29.1 Å². The molecule has 1 heterocycles. The molecule has 0 atom stereocenters. The van der Waals surface area contributed by atoms with E-state index in [1.54, 1.807) is 6.33 Å². The van der Waals surface area contributed by atoms with E-state index in [9.17, 15) is 0 Å². The molecule has 19 heavy (non-hydrogen) atoms. The van der Waals surface area contributed by atoms with Gasteiger partial charge in [0, 0.05) is 20.1 Å². The zero-order valence-electron chi connectivity index (χ0n) is 10.4. The molecule has 0 spiro atoms. The molecule has 97 valence electrons. The first-order valence-corrected chi connectivity index (χ1v) is 5.79. The van der Waals surface area contributed by atoms with Crippen molar-refractivity contribution in [2.75, 3.05) is 0 Å². The minimum absolute atomic E-state index is 0. The second kappa shape index (κ2) is 5.91. The normalized spacial score (nSPS) is 9.95. The van der Waals surface area contributed by atoms with Gasteiger partial charge in [0.2, 0.25) is 0 Å². The molecule has 0 amide bonds. The average molecular weight is 426 g/mol. The Bertz CT molecular complexity index is 662. The van der Waals surface area contributed by atoms with Crippen LogP contribution < -0.4 is 0 Å². The molecule has 2 aromatic carbocycles. The molecule has 3 aromatic rings. The van der Waals surface area contributed by atoms with Crippen LogP contribution in [0.4, 0.5) is 0 Å². The summed E-state index contributed by atoms with van der Waals surface area (Å²) >= 11 is 0. The summed E-state index contributed by atoms with van der Waals surface area (Å²) in [5, 5.41) is 4.31. The van der Waals surface area contributed by atoms with Crippen molar-refractivity contribution >= 4 is 0 Å². The topological polar surface area (TPSA) is 30.7 Å². The third-order valence-electron chi connectivity index (χ3n) is 2.84. The molecule has 0 aliphatic rings. The Morgan fingerprint density at radius 3 is 2.58 bits per heavy atom. The maximum absolute atomic E-state index is 4.32. The van der Waals surface area contributed by atoms with Crippen LogP contribution in [-0.2, 0) is 20.1 Å². The van der Waals surface area contributed by atoms with Crippen molar-refractivity contribution in [1.82, 2.24) is 14.8 Å². The molecule has 0 aliphatic carbocycles. The van der Waals surface area contributed by atoms with E-state index >= 15 is 0 Å². The molecule has 0 N–H and O–H groups in total. The van der Waals surface area contributed by atoms with Gasteiger partial charge in [0.1, 0.15) is 6.33 Å². The molecule has 1 aromatic heterocycles. The van der Waals surface area contributed by atoms with Gasteiger partial charge in [-0.3, -0.25) is 9.67 Å². The molecular formula is C15H12IrN3-. The summed E-state index contributed by atoms with van der Waals surface area (Å²) in [5.74, 6) is 0.810. The van der Waals surface area contributed by atoms with Gasteiger partial charge in [-0.25, -0.2) is 0 Å². The van der Waals surface area contributed by atoms with E-state index in [4.69, 9.17) is 0 Å². The predicted molar refractivity (Wildman–Crippen MR) is 70.4 cm³/mol. The molecular weight excluding hydrogens is 414 g/mol. The van der Waals surface area contributed by atoms with Crippen molar-refractivity contribution in [1.29, 1.82) is 0 Å². The first-order valence-electron chi connectivity index (χ1n) is 5.79. The standard InChI is InChI=1S/C15H12N3.Ir/c1-12-7-5-6-10-14(12)18-15(16-11-17-18)13-8-3-2-4-9-13;/h2-8,10-11H,1H3;/q-1;. The van der Waals surface area contributed by atoms with Crippen LogP contribution in [0.1, 0.15) is 5.56 Å². The SMILES string of the molecule is Cc1ccccc1-n1ncnc1-c1[c-]cccc1.[Ir]. The molecule has 0 bridgehead atoms. The number of rotatable bonds is 2. The smallest absolute Gasteiger partial charge is 0.127 e. The second-order valence-electron chi connectivity index (χ2n) is 4.06. The molecule has 1 radical (unpaired) electrons. The molecule has 3 nitrogen and oxygen atoms in total. The molecule has 0 fully saturated rings. The summed E-state index contributed by atoms with van der Waals surface area (Å²) in [6.07, 6.45) is 1.57. The van der Waals surface area contributed by atoms with Crippen LogP contribution in [0, 0.1) is 13.0 Å². The first kappa shape index (κ1) is 13.7. The number of nitrogens with zero attached hydrogens (tertiary/aromatic N) is 3. The van der Waals surface area contributed by atoms with Gasteiger partial charge in [-0.2, -0.15) is 5.10 Å². The van der Waals surface area contributed by atoms with Crippen LogP contribution in [-0.4, -0.2) is 14.8 Å². The van der Waals surface area contributed by atoms with Crippen LogP contribution >= 0.6 is 0 Å². The third-order valence-corrected chi connectivity index (χ3v) is 2.84.